The predicted molar refractivity (Wildman–Crippen MR) is 130 cm³/mol. The molecule has 0 bridgehead atoms. The first-order valence-electron chi connectivity index (χ1n) is 12.1. The molecule has 1 aliphatic carbocycles. The number of carbonyl (C=O) groups is 1. The molecule has 1 saturated heterocycles. The van der Waals surface area contributed by atoms with E-state index in [2.05, 4.69) is 31.5 Å². The summed E-state index contributed by atoms with van der Waals surface area (Å²) in [6.07, 6.45) is 5.93. The number of amides is 1. The summed E-state index contributed by atoms with van der Waals surface area (Å²) in [5, 5.41) is 6.55. The Labute approximate surface area is 194 Å². The van der Waals surface area contributed by atoms with Crippen LogP contribution in [0.25, 0.3) is 0 Å². The molecule has 33 heavy (non-hydrogen) atoms. The third-order valence-electron chi connectivity index (χ3n) is 7.51. The van der Waals surface area contributed by atoms with Gasteiger partial charge in [0.2, 0.25) is 5.95 Å². The van der Waals surface area contributed by atoms with E-state index in [0.29, 0.717) is 12.1 Å². The maximum absolute atomic E-state index is 12.6. The largest absolute Gasteiger partial charge is 0.384 e. The average molecular weight is 451 g/mol. The second kappa shape index (κ2) is 8.82. The van der Waals surface area contributed by atoms with Gasteiger partial charge in [-0.25, -0.2) is 4.98 Å². The van der Waals surface area contributed by atoms with Crippen LogP contribution in [0.1, 0.15) is 52.9 Å². The molecule has 0 unspecified atom stereocenters. The second-order valence-electron chi connectivity index (χ2n) is 9.96. The number of nitrogens with zero attached hydrogens (tertiary/aromatic N) is 3. The van der Waals surface area contributed by atoms with Crippen LogP contribution in [0.5, 0.6) is 0 Å². The van der Waals surface area contributed by atoms with E-state index in [0.717, 1.165) is 87.6 Å². The van der Waals surface area contributed by atoms with Gasteiger partial charge in [-0.05, 0) is 70.3 Å². The van der Waals surface area contributed by atoms with E-state index in [4.69, 9.17) is 4.98 Å². The first-order valence-corrected chi connectivity index (χ1v) is 12.1. The molecule has 3 N–H and O–H groups in total. The summed E-state index contributed by atoms with van der Waals surface area (Å²) >= 11 is 0. The van der Waals surface area contributed by atoms with Crippen LogP contribution in [-0.4, -0.2) is 67.6 Å². The monoisotopic (exact) mass is 450 g/mol. The number of H-pyrrole nitrogens is 1. The molecule has 1 aromatic heterocycles. The lowest BCUT2D eigenvalue weighted by Gasteiger charge is -2.39. The zero-order valence-corrected chi connectivity index (χ0v) is 19.7. The molecule has 5 rings (SSSR count). The van der Waals surface area contributed by atoms with Crippen molar-refractivity contribution in [2.45, 2.75) is 43.9 Å². The number of aromatic amines is 1. The zero-order valence-electron chi connectivity index (χ0n) is 19.7. The summed E-state index contributed by atoms with van der Waals surface area (Å²) in [4.78, 5) is 37.2. The van der Waals surface area contributed by atoms with E-state index < -0.39 is 0 Å². The summed E-state index contributed by atoms with van der Waals surface area (Å²) < 4.78 is 0. The van der Waals surface area contributed by atoms with Gasteiger partial charge in [-0.15, -0.1) is 0 Å². The van der Waals surface area contributed by atoms with Crippen molar-refractivity contribution < 1.29 is 4.79 Å². The van der Waals surface area contributed by atoms with Gasteiger partial charge < -0.3 is 20.4 Å². The molecule has 2 aromatic rings. The van der Waals surface area contributed by atoms with Crippen molar-refractivity contribution in [1.29, 1.82) is 0 Å². The van der Waals surface area contributed by atoms with Crippen molar-refractivity contribution in [3.05, 3.63) is 50.9 Å². The number of fused-ring (bicyclic) bond motifs is 3. The van der Waals surface area contributed by atoms with Gasteiger partial charge in [-0.1, -0.05) is 6.07 Å². The number of carbonyl (C=O) groups excluding carboxylic acids is 1. The molecule has 8 heteroatoms. The van der Waals surface area contributed by atoms with Crippen molar-refractivity contribution in [3.63, 3.8) is 0 Å². The summed E-state index contributed by atoms with van der Waals surface area (Å²) in [5.74, 6) is 0.700. The number of piperidine rings is 1. The van der Waals surface area contributed by atoms with Gasteiger partial charge in [0, 0.05) is 55.0 Å². The van der Waals surface area contributed by atoms with Gasteiger partial charge in [0.1, 0.15) is 0 Å². The number of anilines is 2. The maximum Gasteiger partial charge on any atom is 0.255 e. The molecular formula is C25H34N6O2. The highest BCUT2D eigenvalue weighted by atomic mass is 16.1. The lowest BCUT2D eigenvalue weighted by Crippen LogP contribution is -2.45. The van der Waals surface area contributed by atoms with Crippen molar-refractivity contribution in [2.75, 3.05) is 57.0 Å². The highest BCUT2D eigenvalue weighted by Gasteiger charge is 2.42. The number of likely N-dealkylation sites (N-methyl/N-ethyl adjacent to an activating group) is 1. The fraction of sp³-hybridized carbons (Fsp3) is 0.560. The van der Waals surface area contributed by atoms with E-state index in [1.165, 1.54) is 5.56 Å². The van der Waals surface area contributed by atoms with Gasteiger partial charge in [0.05, 0.1) is 5.69 Å². The topological polar surface area (TPSA) is 93.4 Å². The van der Waals surface area contributed by atoms with E-state index in [9.17, 15) is 9.59 Å². The number of benzene rings is 1. The Kier molecular flexibility index (Phi) is 5.86. The van der Waals surface area contributed by atoms with Crippen molar-refractivity contribution in [1.82, 2.24) is 20.2 Å². The summed E-state index contributed by atoms with van der Waals surface area (Å²) in [6.45, 7) is 4.05. The lowest BCUT2D eigenvalue weighted by molar-refractivity contribution is 0.0951. The summed E-state index contributed by atoms with van der Waals surface area (Å²) in [6, 6.07) is 6.07. The van der Waals surface area contributed by atoms with Gasteiger partial charge in [-0.2, -0.15) is 0 Å². The van der Waals surface area contributed by atoms with Gasteiger partial charge in [-0.3, -0.25) is 14.6 Å². The van der Waals surface area contributed by atoms with Crippen LogP contribution in [0, 0.1) is 0 Å². The Balaban J connectivity index is 1.27. The highest BCUT2D eigenvalue weighted by molar-refractivity contribution is 5.95. The van der Waals surface area contributed by atoms with E-state index in [-0.39, 0.29) is 16.9 Å². The molecule has 2 aliphatic heterocycles. The van der Waals surface area contributed by atoms with E-state index >= 15 is 0 Å². The van der Waals surface area contributed by atoms with Crippen LogP contribution in [0.2, 0.25) is 0 Å². The van der Waals surface area contributed by atoms with Crippen LogP contribution < -0.4 is 21.1 Å². The first-order chi connectivity index (χ1) is 15.9. The molecule has 1 fully saturated rings. The van der Waals surface area contributed by atoms with E-state index in [1.54, 1.807) is 0 Å². The predicted octanol–water partition coefficient (Wildman–Crippen LogP) is 1.90. The Morgan fingerprint density at radius 3 is 2.79 bits per heavy atom. The third kappa shape index (κ3) is 4.24. The van der Waals surface area contributed by atoms with Gasteiger partial charge in [0.15, 0.2) is 0 Å². The average Bonchev–Trinajstić information content (AvgIpc) is 3.16. The third-order valence-corrected chi connectivity index (χ3v) is 7.51. The van der Waals surface area contributed by atoms with Crippen molar-refractivity contribution in [2.24, 2.45) is 0 Å². The molecule has 1 amide bonds. The highest BCUT2D eigenvalue weighted by Crippen LogP contribution is 2.44. The molecular weight excluding hydrogens is 416 g/mol. The van der Waals surface area contributed by atoms with Crippen LogP contribution in [0.15, 0.2) is 23.0 Å². The smallest absolute Gasteiger partial charge is 0.255 e. The Morgan fingerprint density at radius 1 is 1.21 bits per heavy atom. The Hall–Kier alpha value is -2.87. The minimum atomic E-state index is -0.0281. The lowest BCUT2D eigenvalue weighted by atomic mass is 9.74. The Morgan fingerprint density at radius 2 is 2.00 bits per heavy atom. The molecule has 0 saturated carbocycles. The fourth-order valence-corrected chi connectivity index (χ4v) is 5.48. The van der Waals surface area contributed by atoms with Gasteiger partial charge >= 0.3 is 0 Å². The quantitative estimate of drug-likeness (QED) is 0.644. The molecule has 176 valence electrons. The number of aryl methyl sites for hydroxylation is 1. The van der Waals surface area contributed by atoms with Gasteiger partial charge in [0.25, 0.3) is 11.5 Å². The molecule has 3 aliphatic rings. The normalized spacial score (nSPS) is 18.7. The second-order valence-corrected chi connectivity index (χ2v) is 9.96. The minimum Gasteiger partial charge on any atom is -0.384 e. The maximum atomic E-state index is 12.6. The number of hydrogen-bond donors (Lipinski definition) is 3. The van der Waals surface area contributed by atoms with Crippen LogP contribution in [0.3, 0.4) is 0 Å². The van der Waals surface area contributed by atoms with Crippen LogP contribution >= 0.6 is 0 Å². The van der Waals surface area contributed by atoms with Crippen LogP contribution in [-0.2, 0) is 18.3 Å². The molecule has 0 radical (unpaired) electrons. The number of aromatic nitrogens is 2. The SMILES string of the molecule is CN(C)CCNC(=O)c1ccc2c(c1)NCC21CCN(c2nc3c(c(=O)[nH]2)CCCC3)CC1. The van der Waals surface area contributed by atoms with Crippen LogP contribution in [0.4, 0.5) is 11.6 Å². The molecule has 1 aromatic carbocycles. The molecule has 1 spiro atoms. The van der Waals surface area contributed by atoms with Crippen molar-refractivity contribution in [3.8, 4) is 0 Å². The molecule has 8 nitrogen and oxygen atoms in total. The standard InChI is InChI=1S/C25H34N6O2/c1-30(2)14-11-26-22(32)17-7-8-19-21(15-17)27-16-25(19)9-12-31(13-10-25)24-28-20-6-4-3-5-18(20)23(33)29-24/h7-8,15,27H,3-6,9-14,16H2,1-2H3,(H,26,32)(H,28,29,33). The summed E-state index contributed by atoms with van der Waals surface area (Å²) in [7, 11) is 3.99. The fourth-order valence-electron chi connectivity index (χ4n) is 5.48. The summed E-state index contributed by atoms with van der Waals surface area (Å²) in [5.41, 5.74) is 5.06. The Bertz CT molecular complexity index is 1100. The zero-order chi connectivity index (χ0) is 23.0. The molecule has 3 heterocycles. The van der Waals surface area contributed by atoms with Crippen molar-refractivity contribution >= 4 is 17.5 Å². The minimum absolute atomic E-state index is 0.0281. The number of nitrogens with one attached hydrogen (secondary N) is 3. The molecule has 0 atom stereocenters. The number of hydrogen-bond acceptors (Lipinski definition) is 6. The first kappa shape index (κ1) is 21.9. The number of rotatable bonds is 5. The van der Waals surface area contributed by atoms with E-state index in [1.807, 2.05) is 26.2 Å².